The number of hydrogen-bond donors (Lipinski definition) is 1. The third kappa shape index (κ3) is 3.94. The maximum Gasteiger partial charge on any atom is 0.320 e. The predicted molar refractivity (Wildman–Crippen MR) is 104 cm³/mol. The minimum absolute atomic E-state index is 0.158. The van der Waals surface area contributed by atoms with Gasteiger partial charge in [-0.3, -0.25) is 9.36 Å². The summed E-state index contributed by atoms with van der Waals surface area (Å²) in [4.78, 5) is 15.6. The van der Waals surface area contributed by atoms with Crippen LogP contribution in [-0.2, 0) is 10.5 Å². The number of tetrazole rings is 1. The molecule has 0 atom stereocenters. The van der Waals surface area contributed by atoms with E-state index in [9.17, 15) is 13.6 Å². The molecule has 1 N–H and O–H groups in total. The third-order valence-corrected chi connectivity index (χ3v) is 4.96. The number of thioether (sulfide) groups is 1. The molecule has 0 aliphatic rings. The van der Waals surface area contributed by atoms with Crippen LogP contribution in [0.5, 0.6) is 0 Å². The number of benzene rings is 2. The molecule has 0 bridgehead atoms. The van der Waals surface area contributed by atoms with E-state index in [1.165, 1.54) is 23.4 Å². The molecule has 0 saturated heterocycles. The summed E-state index contributed by atoms with van der Waals surface area (Å²) in [5.41, 5.74) is 2.11. The highest BCUT2D eigenvalue weighted by atomic mass is 32.2. The van der Waals surface area contributed by atoms with Crippen LogP contribution in [-0.4, -0.2) is 35.7 Å². The van der Waals surface area contributed by atoms with Gasteiger partial charge in [0.15, 0.2) is 0 Å². The molecule has 148 valence electrons. The van der Waals surface area contributed by atoms with Gasteiger partial charge in [-0.05, 0) is 40.8 Å². The summed E-state index contributed by atoms with van der Waals surface area (Å²) in [5, 5.41) is 14.7. The SMILES string of the molecule is CC(=O)Nc1cccc(-n2nnnc2SCc2nc3ccccc3n2C(F)F)c1. The van der Waals surface area contributed by atoms with Crippen LogP contribution in [0.2, 0.25) is 0 Å². The largest absolute Gasteiger partial charge is 0.326 e. The number of amides is 1. The van der Waals surface area contributed by atoms with Crippen LogP contribution in [0.25, 0.3) is 16.7 Å². The minimum Gasteiger partial charge on any atom is -0.326 e. The van der Waals surface area contributed by atoms with Crippen molar-refractivity contribution in [3.05, 3.63) is 54.4 Å². The predicted octanol–water partition coefficient (Wildman–Crippen LogP) is 3.66. The number of para-hydroxylation sites is 2. The number of imidazole rings is 1. The molecule has 2 aromatic heterocycles. The summed E-state index contributed by atoms with van der Waals surface area (Å²) >= 11 is 1.19. The van der Waals surface area contributed by atoms with E-state index in [-0.39, 0.29) is 17.5 Å². The van der Waals surface area contributed by atoms with Crippen LogP contribution in [0.15, 0.2) is 53.7 Å². The summed E-state index contributed by atoms with van der Waals surface area (Å²) in [6, 6.07) is 13.8. The Bertz CT molecular complexity index is 1170. The smallest absolute Gasteiger partial charge is 0.320 e. The average Bonchev–Trinajstić information content (AvgIpc) is 3.30. The highest BCUT2D eigenvalue weighted by Gasteiger charge is 2.19. The summed E-state index contributed by atoms with van der Waals surface area (Å²) in [6.45, 7) is -1.29. The van der Waals surface area contributed by atoms with Crippen molar-refractivity contribution in [2.45, 2.75) is 24.4 Å². The van der Waals surface area contributed by atoms with Gasteiger partial charge >= 0.3 is 6.55 Å². The standard InChI is InChI=1S/C18H15F2N7OS/c1-11(28)21-12-5-4-6-13(9-12)27-18(23-24-25-27)29-10-16-22-14-7-2-3-8-15(14)26(16)17(19)20/h2-9,17H,10H2,1H3,(H,21,28). The number of hydrogen-bond acceptors (Lipinski definition) is 6. The Morgan fingerprint density at radius 2 is 2.03 bits per heavy atom. The van der Waals surface area contributed by atoms with Crippen molar-refractivity contribution >= 4 is 34.4 Å². The second-order valence-electron chi connectivity index (χ2n) is 6.06. The van der Waals surface area contributed by atoms with E-state index < -0.39 is 6.55 Å². The van der Waals surface area contributed by atoms with Crippen LogP contribution >= 0.6 is 11.8 Å². The van der Waals surface area contributed by atoms with E-state index in [2.05, 4.69) is 25.8 Å². The Hall–Kier alpha value is -3.34. The fraction of sp³-hybridized carbons (Fsp3) is 0.167. The van der Waals surface area contributed by atoms with Crippen LogP contribution in [0.1, 0.15) is 19.3 Å². The van der Waals surface area contributed by atoms with Gasteiger partial charge in [0.25, 0.3) is 0 Å². The summed E-state index contributed by atoms with van der Waals surface area (Å²) in [6.07, 6.45) is 0. The van der Waals surface area contributed by atoms with Crippen molar-refractivity contribution in [3.63, 3.8) is 0 Å². The van der Waals surface area contributed by atoms with Crippen molar-refractivity contribution in [1.29, 1.82) is 0 Å². The number of carbonyl (C=O) groups excluding carboxylic acids is 1. The zero-order chi connectivity index (χ0) is 20.4. The topological polar surface area (TPSA) is 90.5 Å². The number of aromatic nitrogens is 6. The van der Waals surface area contributed by atoms with Crippen LogP contribution in [0, 0.1) is 0 Å². The van der Waals surface area contributed by atoms with Crippen molar-refractivity contribution in [3.8, 4) is 5.69 Å². The molecule has 4 rings (SSSR count). The molecule has 0 fully saturated rings. The lowest BCUT2D eigenvalue weighted by molar-refractivity contribution is -0.114. The molecule has 0 aliphatic carbocycles. The summed E-state index contributed by atoms with van der Waals surface area (Å²) in [5.74, 6) is 0.192. The molecule has 2 aromatic carbocycles. The Morgan fingerprint density at radius 3 is 2.83 bits per heavy atom. The van der Waals surface area contributed by atoms with Crippen molar-refractivity contribution < 1.29 is 13.6 Å². The quantitative estimate of drug-likeness (QED) is 0.484. The van der Waals surface area contributed by atoms with E-state index in [0.29, 0.717) is 27.6 Å². The number of anilines is 1. The molecule has 0 spiro atoms. The molecule has 0 saturated carbocycles. The number of nitrogens with one attached hydrogen (secondary N) is 1. The van der Waals surface area contributed by atoms with Gasteiger partial charge in [-0.15, -0.1) is 5.10 Å². The number of alkyl halides is 2. The van der Waals surface area contributed by atoms with Gasteiger partial charge < -0.3 is 5.32 Å². The molecule has 29 heavy (non-hydrogen) atoms. The first-order valence-electron chi connectivity index (χ1n) is 8.56. The number of fused-ring (bicyclic) bond motifs is 1. The highest BCUT2D eigenvalue weighted by Crippen LogP contribution is 2.28. The fourth-order valence-corrected chi connectivity index (χ4v) is 3.71. The second kappa shape index (κ2) is 7.95. The van der Waals surface area contributed by atoms with E-state index in [1.807, 2.05) is 0 Å². The van der Waals surface area contributed by atoms with Crippen LogP contribution in [0.3, 0.4) is 0 Å². The average molecular weight is 415 g/mol. The van der Waals surface area contributed by atoms with Gasteiger partial charge in [-0.1, -0.05) is 30.0 Å². The van der Waals surface area contributed by atoms with Crippen LogP contribution in [0.4, 0.5) is 14.5 Å². The van der Waals surface area contributed by atoms with E-state index >= 15 is 0 Å². The van der Waals surface area contributed by atoms with Crippen LogP contribution < -0.4 is 5.32 Å². The Balaban J connectivity index is 1.60. The first-order valence-corrected chi connectivity index (χ1v) is 9.54. The fourth-order valence-electron chi connectivity index (χ4n) is 2.89. The molecular weight excluding hydrogens is 400 g/mol. The molecule has 8 nitrogen and oxygen atoms in total. The van der Waals surface area contributed by atoms with Gasteiger partial charge in [0.1, 0.15) is 5.82 Å². The van der Waals surface area contributed by atoms with Crippen molar-refractivity contribution in [2.24, 2.45) is 0 Å². The van der Waals surface area contributed by atoms with E-state index in [1.54, 1.807) is 48.5 Å². The normalized spacial score (nSPS) is 11.3. The highest BCUT2D eigenvalue weighted by molar-refractivity contribution is 7.98. The maximum atomic E-state index is 13.6. The van der Waals surface area contributed by atoms with Gasteiger partial charge in [-0.25, -0.2) is 4.98 Å². The molecule has 0 aliphatic heterocycles. The van der Waals surface area contributed by atoms with Gasteiger partial charge in [-0.2, -0.15) is 13.5 Å². The number of carbonyl (C=O) groups is 1. The molecule has 0 radical (unpaired) electrons. The molecule has 2 heterocycles. The number of halogens is 2. The molecular formula is C18H15F2N7OS. The molecule has 11 heteroatoms. The number of nitrogens with zero attached hydrogens (tertiary/aromatic N) is 6. The van der Waals surface area contributed by atoms with Crippen molar-refractivity contribution in [1.82, 2.24) is 29.8 Å². The van der Waals surface area contributed by atoms with E-state index in [4.69, 9.17) is 0 Å². The minimum atomic E-state index is -2.71. The Morgan fingerprint density at radius 1 is 1.21 bits per heavy atom. The third-order valence-electron chi connectivity index (χ3n) is 4.05. The molecule has 4 aromatic rings. The summed E-state index contributed by atoms with van der Waals surface area (Å²) < 4.78 is 29.6. The molecule has 0 unspecified atom stereocenters. The zero-order valence-corrected chi connectivity index (χ0v) is 16.0. The lowest BCUT2D eigenvalue weighted by atomic mass is 10.3. The lowest BCUT2D eigenvalue weighted by Crippen LogP contribution is -2.07. The van der Waals surface area contributed by atoms with Crippen molar-refractivity contribution in [2.75, 3.05) is 5.32 Å². The number of rotatable bonds is 6. The monoisotopic (exact) mass is 415 g/mol. The first-order chi connectivity index (χ1) is 14.0. The Kier molecular flexibility index (Phi) is 5.21. The molecule has 1 amide bonds. The second-order valence-corrected chi connectivity index (χ2v) is 7.00. The summed E-state index contributed by atoms with van der Waals surface area (Å²) in [7, 11) is 0. The van der Waals surface area contributed by atoms with E-state index in [0.717, 1.165) is 4.57 Å². The zero-order valence-electron chi connectivity index (χ0n) is 15.2. The Labute approximate surface area is 167 Å². The van der Waals surface area contributed by atoms with Gasteiger partial charge in [0.05, 0.1) is 22.5 Å². The lowest BCUT2D eigenvalue weighted by Gasteiger charge is -2.08. The van der Waals surface area contributed by atoms with Gasteiger partial charge in [0, 0.05) is 12.6 Å². The maximum absolute atomic E-state index is 13.6. The first kappa shape index (κ1) is 19.0. The van der Waals surface area contributed by atoms with Gasteiger partial charge in [0.2, 0.25) is 11.1 Å².